The summed E-state index contributed by atoms with van der Waals surface area (Å²) in [6, 6.07) is 3.73. The molecule has 0 amide bonds. The van der Waals surface area contributed by atoms with Gasteiger partial charge in [-0.1, -0.05) is 0 Å². The topological polar surface area (TPSA) is 62.8 Å². The third-order valence-corrected chi connectivity index (χ3v) is 1.98. The zero-order valence-corrected chi connectivity index (χ0v) is 8.40. The molecule has 0 saturated heterocycles. The number of ether oxygens (including phenoxy) is 1. The van der Waals surface area contributed by atoms with Crippen molar-refractivity contribution in [1.29, 1.82) is 0 Å². The molecule has 0 bridgehead atoms. The first kappa shape index (κ1) is 9.51. The molecule has 0 radical (unpaired) electrons. The number of aromatic amines is 1. The number of hydrogen-bond acceptors (Lipinski definition) is 4. The van der Waals surface area contributed by atoms with Gasteiger partial charge in [-0.3, -0.25) is 0 Å². The fourth-order valence-electron chi connectivity index (χ4n) is 1.21. The molecule has 0 aliphatic carbocycles. The largest absolute Gasteiger partial charge is 0.481 e. The van der Waals surface area contributed by atoms with Gasteiger partial charge in [-0.05, 0) is 6.07 Å². The lowest BCUT2D eigenvalue weighted by atomic mass is 10.3. The first-order valence-electron chi connectivity index (χ1n) is 4.59. The Morgan fingerprint density at radius 1 is 1.53 bits per heavy atom. The van der Waals surface area contributed by atoms with Crippen molar-refractivity contribution in [3.8, 4) is 5.88 Å². The molecule has 0 aliphatic rings. The van der Waals surface area contributed by atoms with Gasteiger partial charge in [-0.2, -0.15) is 0 Å². The van der Waals surface area contributed by atoms with Gasteiger partial charge in [0.1, 0.15) is 0 Å². The van der Waals surface area contributed by atoms with Gasteiger partial charge in [0.25, 0.3) is 0 Å². The van der Waals surface area contributed by atoms with Gasteiger partial charge in [-0.25, -0.2) is 9.97 Å². The van der Waals surface area contributed by atoms with Crippen molar-refractivity contribution >= 4 is 5.69 Å². The number of aromatic nitrogens is 3. The highest BCUT2D eigenvalue weighted by atomic mass is 16.5. The van der Waals surface area contributed by atoms with Crippen LogP contribution in [-0.2, 0) is 6.54 Å². The van der Waals surface area contributed by atoms with Crippen LogP contribution in [0.15, 0.2) is 30.9 Å². The van der Waals surface area contributed by atoms with E-state index < -0.39 is 0 Å². The summed E-state index contributed by atoms with van der Waals surface area (Å²) in [6.45, 7) is 0.702. The maximum absolute atomic E-state index is 5.02. The van der Waals surface area contributed by atoms with E-state index in [1.165, 1.54) is 0 Å². The lowest BCUT2D eigenvalue weighted by molar-refractivity contribution is 0.398. The lowest BCUT2D eigenvalue weighted by Gasteiger charge is -2.05. The van der Waals surface area contributed by atoms with E-state index in [0.717, 1.165) is 11.4 Å². The lowest BCUT2D eigenvalue weighted by Crippen LogP contribution is -2.00. The number of rotatable bonds is 4. The van der Waals surface area contributed by atoms with Crippen LogP contribution >= 0.6 is 0 Å². The standard InChI is InChI=1S/C10H12N4O/c1-15-10-4-8(2-3-12-10)13-6-9-5-11-7-14-9/h2-5,7H,6H2,1H3,(H,11,14)(H,12,13). The van der Waals surface area contributed by atoms with Crippen LogP contribution in [0.4, 0.5) is 5.69 Å². The van der Waals surface area contributed by atoms with Crippen molar-refractivity contribution in [1.82, 2.24) is 15.0 Å². The van der Waals surface area contributed by atoms with E-state index >= 15 is 0 Å². The molecular formula is C10H12N4O. The van der Waals surface area contributed by atoms with Crippen molar-refractivity contribution in [3.63, 3.8) is 0 Å². The van der Waals surface area contributed by atoms with E-state index in [4.69, 9.17) is 4.74 Å². The number of imidazole rings is 1. The Kier molecular flexibility index (Phi) is 2.82. The number of nitrogens with one attached hydrogen (secondary N) is 2. The van der Waals surface area contributed by atoms with Crippen LogP contribution in [0, 0.1) is 0 Å². The van der Waals surface area contributed by atoms with Crippen LogP contribution < -0.4 is 10.1 Å². The van der Waals surface area contributed by atoms with Gasteiger partial charge >= 0.3 is 0 Å². The van der Waals surface area contributed by atoms with Crippen LogP contribution in [0.3, 0.4) is 0 Å². The molecule has 2 aromatic heterocycles. The summed E-state index contributed by atoms with van der Waals surface area (Å²) in [5.41, 5.74) is 2.00. The van der Waals surface area contributed by atoms with Gasteiger partial charge in [0.15, 0.2) is 0 Å². The maximum atomic E-state index is 5.02. The maximum Gasteiger partial charge on any atom is 0.214 e. The molecule has 2 heterocycles. The fraction of sp³-hybridized carbons (Fsp3) is 0.200. The molecule has 0 spiro atoms. The van der Waals surface area contributed by atoms with Crippen molar-refractivity contribution in [2.45, 2.75) is 6.54 Å². The van der Waals surface area contributed by atoms with E-state index in [1.54, 1.807) is 25.8 Å². The van der Waals surface area contributed by atoms with Crippen molar-refractivity contribution in [3.05, 3.63) is 36.5 Å². The predicted octanol–water partition coefficient (Wildman–Crippen LogP) is 1.43. The minimum absolute atomic E-state index is 0.601. The molecule has 0 aromatic carbocycles. The average molecular weight is 204 g/mol. The molecule has 2 rings (SSSR count). The second-order valence-electron chi connectivity index (χ2n) is 3.02. The first-order chi connectivity index (χ1) is 7.38. The van der Waals surface area contributed by atoms with E-state index in [9.17, 15) is 0 Å². The minimum Gasteiger partial charge on any atom is -0.481 e. The van der Waals surface area contributed by atoms with Crippen molar-refractivity contribution < 1.29 is 4.74 Å². The molecule has 2 N–H and O–H groups in total. The average Bonchev–Trinajstić information content (AvgIpc) is 2.79. The van der Waals surface area contributed by atoms with Crippen LogP contribution in [0.25, 0.3) is 0 Å². The Balaban J connectivity index is 1.98. The molecule has 2 aromatic rings. The van der Waals surface area contributed by atoms with Gasteiger partial charge < -0.3 is 15.0 Å². The Morgan fingerprint density at radius 2 is 2.47 bits per heavy atom. The second-order valence-corrected chi connectivity index (χ2v) is 3.02. The molecular weight excluding hydrogens is 192 g/mol. The normalized spacial score (nSPS) is 9.93. The highest BCUT2D eigenvalue weighted by molar-refractivity contribution is 5.45. The Morgan fingerprint density at radius 3 is 3.20 bits per heavy atom. The highest BCUT2D eigenvalue weighted by Gasteiger charge is 1.97. The Bertz CT molecular complexity index is 413. The van der Waals surface area contributed by atoms with Crippen LogP contribution in [0.1, 0.15) is 5.69 Å². The third kappa shape index (κ3) is 2.46. The van der Waals surface area contributed by atoms with E-state index in [-0.39, 0.29) is 0 Å². The zero-order valence-electron chi connectivity index (χ0n) is 8.40. The summed E-state index contributed by atoms with van der Waals surface area (Å²) in [5.74, 6) is 0.601. The van der Waals surface area contributed by atoms with Gasteiger partial charge in [-0.15, -0.1) is 0 Å². The highest BCUT2D eigenvalue weighted by Crippen LogP contribution is 2.13. The monoisotopic (exact) mass is 204 g/mol. The zero-order chi connectivity index (χ0) is 10.5. The smallest absolute Gasteiger partial charge is 0.214 e. The summed E-state index contributed by atoms with van der Waals surface area (Å²) in [5, 5.41) is 3.23. The molecule has 0 aliphatic heterocycles. The third-order valence-electron chi connectivity index (χ3n) is 1.98. The van der Waals surface area contributed by atoms with Gasteiger partial charge in [0, 0.05) is 24.1 Å². The van der Waals surface area contributed by atoms with Crippen LogP contribution in [0.5, 0.6) is 5.88 Å². The van der Waals surface area contributed by atoms with Crippen LogP contribution in [-0.4, -0.2) is 22.1 Å². The van der Waals surface area contributed by atoms with Gasteiger partial charge in [0.05, 0.1) is 25.7 Å². The van der Waals surface area contributed by atoms with E-state index in [2.05, 4.69) is 20.3 Å². The molecule has 5 heteroatoms. The summed E-state index contributed by atoms with van der Waals surface area (Å²) in [7, 11) is 1.60. The SMILES string of the molecule is COc1cc(NCc2cnc[nH]2)ccn1. The van der Waals surface area contributed by atoms with E-state index in [0.29, 0.717) is 12.4 Å². The summed E-state index contributed by atoms with van der Waals surface area (Å²) in [6.07, 6.45) is 5.14. The van der Waals surface area contributed by atoms with Crippen LogP contribution in [0.2, 0.25) is 0 Å². The van der Waals surface area contributed by atoms with E-state index in [1.807, 2.05) is 12.1 Å². The quantitative estimate of drug-likeness (QED) is 0.790. The minimum atomic E-state index is 0.601. The number of methoxy groups -OCH3 is 1. The number of hydrogen-bond donors (Lipinski definition) is 2. The first-order valence-corrected chi connectivity index (χ1v) is 4.59. The molecule has 0 saturated carbocycles. The fourth-order valence-corrected chi connectivity index (χ4v) is 1.21. The summed E-state index contributed by atoms with van der Waals surface area (Å²) < 4.78 is 5.02. The van der Waals surface area contributed by atoms with Gasteiger partial charge in [0.2, 0.25) is 5.88 Å². The summed E-state index contributed by atoms with van der Waals surface area (Å²) in [4.78, 5) is 11.0. The number of anilines is 1. The molecule has 0 unspecified atom stereocenters. The number of pyridine rings is 1. The number of nitrogens with zero attached hydrogens (tertiary/aromatic N) is 2. The number of H-pyrrole nitrogens is 1. The Hall–Kier alpha value is -2.04. The molecule has 5 nitrogen and oxygen atoms in total. The predicted molar refractivity (Wildman–Crippen MR) is 56.7 cm³/mol. The van der Waals surface area contributed by atoms with Crippen molar-refractivity contribution in [2.24, 2.45) is 0 Å². The second kappa shape index (κ2) is 4.45. The molecule has 15 heavy (non-hydrogen) atoms. The van der Waals surface area contributed by atoms with Crippen molar-refractivity contribution in [2.75, 3.05) is 12.4 Å². The summed E-state index contributed by atoms with van der Waals surface area (Å²) >= 11 is 0. The molecule has 78 valence electrons. The molecule has 0 atom stereocenters. The Labute approximate surface area is 87.5 Å². The molecule has 0 fully saturated rings.